The molecule has 0 amide bonds. The Balaban J connectivity index is 2.63. The van der Waals surface area contributed by atoms with Gasteiger partial charge < -0.3 is 10.5 Å². The number of nitrogens with two attached hydrogens (primary N) is 1. The second-order valence-electron chi connectivity index (χ2n) is 3.99. The third-order valence-corrected chi connectivity index (χ3v) is 2.98. The van der Waals surface area contributed by atoms with E-state index >= 15 is 0 Å². The molecule has 2 N–H and O–H groups in total. The van der Waals surface area contributed by atoms with Crippen molar-refractivity contribution in [2.45, 2.75) is 19.9 Å². The molecule has 96 valence electrons. The minimum atomic E-state index is 0.293. The molecule has 0 bridgehead atoms. The summed E-state index contributed by atoms with van der Waals surface area (Å²) in [5, 5.41) is 0. The summed E-state index contributed by atoms with van der Waals surface area (Å²) < 4.78 is 5.41. The lowest BCUT2D eigenvalue weighted by Crippen LogP contribution is -2.36. The average Bonchev–Trinajstić information content (AvgIpc) is 2.39. The van der Waals surface area contributed by atoms with Crippen LogP contribution < -0.4 is 5.73 Å². The van der Waals surface area contributed by atoms with Crippen LogP contribution >= 0.6 is 0 Å². The van der Waals surface area contributed by atoms with Crippen molar-refractivity contribution in [1.29, 1.82) is 0 Å². The van der Waals surface area contributed by atoms with E-state index in [1.165, 1.54) is 5.56 Å². The zero-order valence-corrected chi connectivity index (χ0v) is 10.9. The van der Waals surface area contributed by atoms with E-state index in [1.807, 2.05) is 13.0 Å². The number of hydrogen-bond acceptors (Lipinski definition) is 3. The van der Waals surface area contributed by atoms with Gasteiger partial charge in [-0.3, -0.25) is 4.90 Å². The summed E-state index contributed by atoms with van der Waals surface area (Å²) in [6.07, 6.45) is 0. The first-order chi connectivity index (χ1) is 8.33. The minimum Gasteiger partial charge on any atom is -0.380 e. The zero-order valence-electron chi connectivity index (χ0n) is 10.9. The number of nitrogens with zero attached hydrogens (tertiary/aromatic N) is 1. The molecule has 1 unspecified atom stereocenters. The molecular formula is C14H24N2O. The van der Waals surface area contributed by atoms with Gasteiger partial charge in [0.25, 0.3) is 0 Å². The molecule has 17 heavy (non-hydrogen) atoms. The monoisotopic (exact) mass is 236 g/mol. The second kappa shape index (κ2) is 8.23. The van der Waals surface area contributed by atoms with Gasteiger partial charge in [0.1, 0.15) is 0 Å². The zero-order chi connectivity index (χ0) is 12.5. The van der Waals surface area contributed by atoms with Gasteiger partial charge >= 0.3 is 0 Å². The molecule has 0 aliphatic rings. The van der Waals surface area contributed by atoms with Crippen LogP contribution in [0, 0.1) is 0 Å². The highest BCUT2D eigenvalue weighted by Crippen LogP contribution is 2.18. The van der Waals surface area contributed by atoms with Crippen molar-refractivity contribution in [2.24, 2.45) is 5.73 Å². The van der Waals surface area contributed by atoms with Crippen LogP contribution in [-0.4, -0.2) is 37.7 Å². The van der Waals surface area contributed by atoms with Gasteiger partial charge in [0, 0.05) is 25.7 Å². The first-order valence-electron chi connectivity index (χ1n) is 6.40. The number of likely N-dealkylation sites (N-methyl/N-ethyl adjacent to an activating group) is 1. The van der Waals surface area contributed by atoms with Crippen molar-refractivity contribution in [1.82, 2.24) is 4.90 Å². The van der Waals surface area contributed by atoms with Crippen molar-refractivity contribution < 1.29 is 4.74 Å². The van der Waals surface area contributed by atoms with E-state index in [4.69, 9.17) is 10.5 Å². The molecule has 0 radical (unpaired) electrons. The standard InChI is InChI=1S/C14H24N2O/c1-3-16(10-11-17-4-2)14(12-15)13-8-6-5-7-9-13/h5-9,14H,3-4,10-12,15H2,1-2H3. The van der Waals surface area contributed by atoms with Gasteiger partial charge in [-0.15, -0.1) is 0 Å². The molecule has 3 heteroatoms. The average molecular weight is 236 g/mol. The predicted octanol–water partition coefficient (Wildman–Crippen LogP) is 2.04. The van der Waals surface area contributed by atoms with Gasteiger partial charge in [-0.05, 0) is 19.0 Å². The molecule has 1 aromatic carbocycles. The Hall–Kier alpha value is -0.900. The molecule has 0 aliphatic heterocycles. The molecule has 0 aromatic heterocycles. The Morgan fingerprint density at radius 1 is 1.24 bits per heavy atom. The Morgan fingerprint density at radius 2 is 1.94 bits per heavy atom. The highest BCUT2D eigenvalue weighted by molar-refractivity contribution is 5.19. The van der Waals surface area contributed by atoms with Gasteiger partial charge in [-0.25, -0.2) is 0 Å². The van der Waals surface area contributed by atoms with E-state index in [0.29, 0.717) is 12.6 Å². The SMILES string of the molecule is CCOCCN(CC)C(CN)c1ccccc1. The molecule has 1 atom stereocenters. The molecule has 0 heterocycles. The van der Waals surface area contributed by atoms with Crippen LogP contribution in [-0.2, 0) is 4.74 Å². The fraction of sp³-hybridized carbons (Fsp3) is 0.571. The lowest BCUT2D eigenvalue weighted by Gasteiger charge is -2.30. The van der Waals surface area contributed by atoms with E-state index in [2.05, 4.69) is 36.1 Å². The summed E-state index contributed by atoms with van der Waals surface area (Å²) in [5.41, 5.74) is 7.19. The van der Waals surface area contributed by atoms with Gasteiger partial charge in [0.2, 0.25) is 0 Å². The molecular weight excluding hydrogens is 212 g/mol. The minimum absolute atomic E-state index is 0.293. The summed E-state index contributed by atoms with van der Waals surface area (Å²) in [6.45, 7) is 8.30. The number of rotatable bonds is 8. The second-order valence-corrected chi connectivity index (χ2v) is 3.99. The largest absolute Gasteiger partial charge is 0.380 e. The predicted molar refractivity (Wildman–Crippen MR) is 72.0 cm³/mol. The fourth-order valence-corrected chi connectivity index (χ4v) is 2.03. The van der Waals surface area contributed by atoms with Gasteiger partial charge in [-0.1, -0.05) is 37.3 Å². The summed E-state index contributed by atoms with van der Waals surface area (Å²) >= 11 is 0. The molecule has 3 nitrogen and oxygen atoms in total. The van der Waals surface area contributed by atoms with E-state index in [-0.39, 0.29) is 0 Å². The maximum atomic E-state index is 5.90. The topological polar surface area (TPSA) is 38.5 Å². The summed E-state index contributed by atoms with van der Waals surface area (Å²) in [7, 11) is 0. The first kappa shape index (κ1) is 14.2. The van der Waals surface area contributed by atoms with Crippen molar-refractivity contribution >= 4 is 0 Å². The third-order valence-electron chi connectivity index (χ3n) is 2.98. The maximum Gasteiger partial charge on any atom is 0.0593 e. The molecule has 1 aromatic rings. The normalized spacial score (nSPS) is 12.9. The Morgan fingerprint density at radius 3 is 2.47 bits per heavy atom. The van der Waals surface area contributed by atoms with Crippen LogP contribution in [0.5, 0.6) is 0 Å². The van der Waals surface area contributed by atoms with E-state index in [9.17, 15) is 0 Å². The number of benzene rings is 1. The lowest BCUT2D eigenvalue weighted by atomic mass is 10.1. The van der Waals surface area contributed by atoms with E-state index < -0.39 is 0 Å². The van der Waals surface area contributed by atoms with Crippen molar-refractivity contribution in [3.8, 4) is 0 Å². The molecule has 0 aliphatic carbocycles. The molecule has 0 fully saturated rings. The van der Waals surface area contributed by atoms with Crippen LogP contribution in [0.3, 0.4) is 0 Å². The van der Waals surface area contributed by atoms with Crippen LogP contribution in [0.4, 0.5) is 0 Å². The Bertz CT molecular complexity index is 290. The summed E-state index contributed by atoms with van der Waals surface area (Å²) in [6, 6.07) is 10.7. The molecule has 1 rings (SSSR count). The van der Waals surface area contributed by atoms with Gasteiger partial charge in [0.15, 0.2) is 0 Å². The van der Waals surface area contributed by atoms with E-state index in [1.54, 1.807) is 0 Å². The fourth-order valence-electron chi connectivity index (χ4n) is 2.03. The molecule has 0 saturated heterocycles. The van der Waals surface area contributed by atoms with Crippen molar-refractivity contribution in [3.63, 3.8) is 0 Å². The first-order valence-corrected chi connectivity index (χ1v) is 6.40. The number of hydrogen-bond donors (Lipinski definition) is 1. The van der Waals surface area contributed by atoms with Gasteiger partial charge in [0.05, 0.1) is 6.61 Å². The summed E-state index contributed by atoms with van der Waals surface area (Å²) in [5.74, 6) is 0. The van der Waals surface area contributed by atoms with Gasteiger partial charge in [-0.2, -0.15) is 0 Å². The van der Waals surface area contributed by atoms with Crippen molar-refractivity contribution in [2.75, 3.05) is 32.8 Å². The highest BCUT2D eigenvalue weighted by atomic mass is 16.5. The van der Waals surface area contributed by atoms with Crippen LogP contribution in [0.1, 0.15) is 25.5 Å². The highest BCUT2D eigenvalue weighted by Gasteiger charge is 2.16. The smallest absolute Gasteiger partial charge is 0.0593 e. The number of ether oxygens (including phenoxy) is 1. The molecule has 0 spiro atoms. The summed E-state index contributed by atoms with van der Waals surface area (Å²) in [4.78, 5) is 2.37. The Labute approximate surface area is 105 Å². The maximum absolute atomic E-state index is 5.90. The third kappa shape index (κ3) is 4.46. The van der Waals surface area contributed by atoms with E-state index in [0.717, 1.165) is 26.3 Å². The lowest BCUT2D eigenvalue weighted by molar-refractivity contribution is 0.0980. The van der Waals surface area contributed by atoms with Crippen LogP contribution in [0.2, 0.25) is 0 Å². The Kier molecular flexibility index (Phi) is 6.86. The van der Waals surface area contributed by atoms with Crippen molar-refractivity contribution in [3.05, 3.63) is 35.9 Å². The quantitative estimate of drug-likeness (QED) is 0.702. The van der Waals surface area contributed by atoms with Crippen LogP contribution in [0.25, 0.3) is 0 Å². The molecule has 0 saturated carbocycles. The van der Waals surface area contributed by atoms with Crippen LogP contribution in [0.15, 0.2) is 30.3 Å².